The minimum absolute atomic E-state index is 0.145. The van der Waals surface area contributed by atoms with Crippen molar-refractivity contribution in [3.8, 4) is 0 Å². The van der Waals surface area contributed by atoms with Gasteiger partial charge in [-0.1, -0.05) is 12.2 Å². The second-order valence-corrected chi connectivity index (χ2v) is 3.53. The van der Waals surface area contributed by atoms with Gasteiger partial charge in [0.15, 0.2) is 0 Å². The summed E-state index contributed by atoms with van der Waals surface area (Å²) >= 11 is 0. The Hall–Kier alpha value is -1.89. The number of benzene rings is 1. The Kier molecular flexibility index (Phi) is 4.43. The van der Waals surface area contributed by atoms with Gasteiger partial charge in [-0.15, -0.1) is 0 Å². The number of rotatable bonds is 4. The monoisotopic (exact) mass is 260 g/mol. The third kappa shape index (κ3) is 3.85. The smallest absolute Gasteiger partial charge is 0.316 e. The Balaban J connectivity index is 3.18. The highest BCUT2D eigenvalue weighted by atomic mass is 19.4. The molecule has 0 bridgehead atoms. The summed E-state index contributed by atoms with van der Waals surface area (Å²) in [5.74, 6) is 0. The lowest BCUT2D eigenvalue weighted by Gasteiger charge is -2.07. The van der Waals surface area contributed by atoms with E-state index < -0.39 is 22.4 Å². The molecule has 0 amide bonds. The van der Waals surface area contributed by atoms with E-state index in [9.17, 15) is 23.3 Å². The molecule has 1 N–H and O–H groups in total. The van der Waals surface area contributed by atoms with E-state index in [2.05, 4.69) is 5.32 Å². The number of likely N-dealkylation sites (N-methyl/N-ethyl adjacent to an activating group) is 1. The van der Waals surface area contributed by atoms with Crippen LogP contribution in [0, 0.1) is 10.1 Å². The van der Waals surface area contributed by atoms with Gasteiger partial charge >= 0.3 is 6.18 Å². The van der Waals surface area contributed by atoms with Crippen molar-refractivity contribution in [3.63, 3.8) is 0 Å². The molecule has 0 atom stereocenters. The van der Waals surface area contributed by atoms with Crippen LogP contribution >= 0.6 is 0 Å². The van der Waals surface area contributed by atoms with Crippen molar-refractivity contribution < 1.29 is 18.1 Å². The van der Waals surface area contributed by atoms with Crippen LogP contribution in [0.4, 0.5) is 18.9 Å². The summed E-state index contributed by atoms with van der Waals surface area (Å²) in [4.78, 5) is 9.72. The molecule has 0 saturated heterocycles. The first-order chi connectivity index (χ1) is 8.34. The Morgan fingerprint density at radius 3 is 2.56 bits per heavy atom. The molecule has 0 fully saturated rings. The molecule has 1 aromatic carbocycles. The summed E-state index contributed by atoms with van der Waals surface area (Å²) in [6.45, 7) is 0.462. The lowest BCUT2D eigenvalue weighted by atomic mass is 10.1. The molecule has 0 spiro atoms. The number of nitrogens with one attached hydrogen (secondary N) is 1. The highest BCUT2D eigenvalue weighted by Gasteiger charge is 2.32. The minimum Gasteiger partial charge on any atom is -0.316 e. The molecule has 0 aliphatic carbocycles. The SMILES string of the molecule is CNCC=Cc1cc([N+](=O)[O-])cc(C(F)(F)F)c1. The molecule has 0 aliphatic heterocycles. The zero-order chi connectivity index (χ0) is 13.8. The van der Waals surface area contributed by atoms with Crippen molar-refractivity contribution in [2.24, 2.45) is 0 Å². The average molecular weight is 260 g/mol. The van der Waals surface area contributed by atoms with Gasteiger partial charge in [-0.25, -0.2) is 0 Å². The molecule has 0 saturated carbocycles. The van der Waals surface area contributed by atoms with Crippen LogP contribution in [-0.2, 0) is 6.18 Å². The Morgan fingerprint density at radius 2 is 2.06 bits per heavy atom. The quantitative estimate of drug-likeness (QED) is 0.669. The third-order valence-electron chi connectivity index (χ3n) is 2.11. The molecule has 18 heavy (non-hydrogen) atoms. The molecular weight excluding hydrogens is 249 g/mol. The van der Waals surface area contributed by atoms with Gasteiger partial charge in [0.1, 0.15) is 0 Å². The number of halogens is 3. The first-order valence-electron chi connectivity index (χ1n) is 5.02. The van der Waals surface area contributed by atoms with Crippen LogP contribution in [0.5, 0.6) is 0 Å². The highest BCUT2D eigenvalue weighted by Crippen LogP contribution is 2.32. The Labute approximate surface area is 101 Å². The molecule has 0 unspecified atom stereocenters. The fourth-order valence-corrected chi connectivity index (χ4v) is 1.31. The number of hydrogen-bond donors (Lipinski definition) is 1. The third-order valence-corrected chi connectivity index (χ3v) is 2.11. The van der Waals surface area contributed by atoms with Crippen molar-refractivity contribution in [1.29, 1.82) is 0 Å². The maximum Gasteiger partial charge on any atom is 0.416 e. The van der Waals surface area contributed by atoms with E-state index in [1.54, 1.807) is 13.1 Å². The normalized spacial score (nSPS) is 12.0. The number of nitrogens with zero attached hydrogens (tertiary/aromatic N) is 1. The minimum atomic E-state index is -4.60. The first kappa shape index (κ1) is 14.2. The van der Waals surface area contributed by atoms with E-state index in [1.807, 2.05) is 0 Å². The highest BCUT2D eigenvalue weighted by molar-refractivity contribution is 5.56. The number of alkyl halides is 3. The van der Waals surface area contributed by atoms with Crippen molar-refractivity contribution in [2.45, 2.75) is 6.18 Å². The van der Waals surface area contributed by atoms with Crippen LogP contribution in [-0.4, -0.2) is 18.5 Å². The van der Waals surface area contributed by atoms with E-state index in [0.717, 1.165) is 12.1 Å². The number of nitro groups is 1. The van der Waals surface area contributed by atoms with Crippen LogP contribution in [0.1, 0.15) is 11.1 Å². The topological polar surface area (TPSA) is 55.2 Å². The van der Waals surface area contributed by atoms with Gasteiger partial charge in [-0.2, -0.15) is 13.2 Å². The predicted molar refractivity (Wildman–Crippen MR) is 61.1 cm³/mol. The summed E-state index contributed by atoms with van der Waals surface area (Å²) in [5, 5.41) is 13.3. The fraction of sp³-hybridized carbons (Fsp3) is 0.273. The van der Waals surface area contributed by atoms with E-state index in [1.165, 1.54) is 6.08 Å². The molecule has 0 aromatic heterocycles. The zero-order valence-electron chi connectivity index (χ0n) is 9.49. The van der Waals surface area contributed by atoms with Gasteiger partial charge < -0.3 is 5.32 Å². The van der Waals surface area contributed by atoms with E-state index in [-0.39, 0.29) is 5.56 Å². The first-order valence-corrected chi connectivity index (χ1v) is 5.02. The second-order valence-electron chi connectivity index (χ2n) is 3.53. The number of non-ortho nitro benzene ring substituents is 1. The van der Waals surface area contributed by atoms with Crippen molar-refractivity contribution in [2.75, 3.05) is 13.6 Å². The van der Waals surface area contributed by atoms with Crippen LogP contribution in [0.3, 0.4) is 0 Å². The lowest BCUT2D eigenvalue weighted by Crippen LogP contribution is -2.06. The van der Waals surface area contributed by atoms with Gasteiger partial charge in [0, 0.05) is 18.7 Å². The fourth-order valence-electron chi connectivity index (χ4n) is 1.31. The molecule has 4 nitrogen and oxygen atoms in total. The number of nitro benzene ring substituents is 1. The van der Waals surface area contributed by atoms with Gasteiger partial charge in [0.05, 0.1) is 10.5 Å². The molecule has 1 aromatic rings. The molecule has 98 valence electrons. The average Bonchev–Trinajstić information content (AvgIpc) is 2.28. The summed E-state index contributed by atoms with van der Waals surface area (Å²) in [6.07, 6.45) is -1.62. The van der Waals surface area contributed by atoms with Crippen molar-refractivity contribution in [3.05, 3.63) is 45.5 Å². The summed E-state index contributed by atoms with van der Waals surface area (Å²) < 4.78 is 37.6. The van der Waals surface area contributed by atoms with Gasteiger partial charge in [-0.3, -0.25) is 10.1 Å². The molecule has 1 rings (SSSR count). The summed E-state index contributed by atoms with van der Waals surface area (Å²) in [6, 6.07) is 2.50. The predicted octanol–water partition coefficient (Wildman–Crippen LogP) is 2.85. The molecular formula is C11H11F3N2O2. The summed E-state index contributed by atoms with van der Waals surface area (Å²) in [5.41, 5.74) is -1.46. The molecule has 0 aliphatic rings. The van der Waals surface area contributed by atoms with Gasteiger partial charge in [-0.05, 0) is 18.7 Å². The van der Waals surface area contributed by atoms with Crippen LogP contribution < -0.4 is 5.32 Å². The van der Waals surface area contributed by atoms with E-state index in [4.69, 9.17) is 0 Å². The van der Waals surface area contributed by atoms with Gasteiger partial charge in [0.2, 0.25) is 0 Å². The Bertz CT molecular complexity index is 470. The number of hydrogen-bond acceptors (Lipinski definition) is 3. The van der Waals surface area contributed by atoms with Crippen LogP contribution in [0.15, 0.2) is 24.3 Å². The van der Waals surface area contributed by atoms with E-state index >= 15 is 0 Å². The maximum absolute atomic E-state index is 12.5. The van der Waals surface area contributed by atoms with Crippen molar-refractivity contribution >= 4 is 11.8 Å². The molecule has 0 radical (unpaired) electrons. The van der Waals surface area contributed by atoms with Crippen LogP contribution in [0.25, 0.3) is 6.08 Å². The van der Waals surface area contributed by atoms with Gasteiger partial charge in [0.25, 0.3) is 5.69 Å². The summed E-state index contributed by atoms with van der Waals surface area (Å²) in [7, 11) is 1.68. The standard InChI is InChI=1S/C11H11F3N2O2/c1-15-4-2-3-8-5-9(11(12,13)14)7-10(6-8)16(17)18/h2-3,5-7,15H,4H2,1H3. The zero-order valence-corrected chi connectivity index (χ0v) is 9.49. The van der Waals surface area contributed by atoms with Crippen LogP contribution in [0.2, 0.25) is 0 Å². The largest absolute Gasteiger partial charge is 0.416 e. The molecule has 7 heteroatoms. The lowest BCUT2D eigenvalue weighted by molar-refractivity contribution is -0.385. The molecule has 0 heterocycles. The maximum atomic E-state index is 12.5. The van der Waals surface area contributed by atoms with Crippen molar-refractivity contribution in [1.82, 2.24) is 5.32 Å². The Morgan fingerprint density at radius 1 is 1.39 bits per heavy atom. The van der Waals surface area contributed by atoms with E-state index in [0.29, 0.717) is 12.6 Å². The second kappa shape index (κ2) is 5.63.